The van der Waals surface area contributed by atoms with Crippen LogP contribution >= 0.6 is 11.3 Å². The molecule has 4 nitrogen and oxygen atoms in total. The van der Waals surface area contributed by atoms with Crippen molar-refractivity contribution in [3.05, 3.63) is 45.1 Å². The second-order valence-corrected chi connectivity index (χ2v) is 7.29. The van der Waals surface area contributed by atoms with Gasteiger partial charge in [-0.3, -0.25) is 9.59 Å². The number of aromatic hydroxyl groups is 1. The summed E-state index contributed by atoms with van der Waals surface area (Å²) in [6.07, 6.45) is 1.69. The summed E-state index contributed by atoms with van der Waals surface area (Å²) in [5.41, 5.74) is 1.57. The third-order valence-electron chi connectivity index (χ3n) is 4.06. The average Bonchev–Trinajstić information content (AvgIpc) is 2.96. The van der Waals surface area contributed by atoms with Gasteiger partial charge in [-0.2, -0.15) is 0 Å². The molecule has 2 aromatic rings. The minimum Gasteiger partial charge on any atom is -0.508 e. The Morgan fingerprint density at radius 2 is 1.83 bits per heavy atom. The Bertz CT molecular complexity index is 732. The molecule has 0 aliphatic heterocycles. The zero-order valence-electron chi connectivity index (χ0n) is 14.4. The second kappa shape index (κ2) is 7.62. The number of benzene rings is 1. The summed E-state index contributed by atoms with van der Waals surface area (Å²) in [6.45, 7) is 8.20. The number of carbonyl (C=O) groups excluding carboxylic acids is 2. The molecule has 0 radical (unpaired) electrons. The van der Waals surface area contributed by atoms with Crippen LogP contribution in [0.3, 0.4) is 0 Å². The Kier molecular flexibility index (Phi) is 5.78. The standard InChI is InChI=1S/C19H23NO3S/c1-5-12(4)18-16(15(10-21)17(24-18)11(2)3)19(23)20-13-6-8-14(22)9-7-13/h6-12,22H,5H2,1-4H3,(H,20,23). The van der Waals surface area contributed by atoms with Crippen LogP contribution in [-0.4, -0.2) is 17.3 Å². The smallest absolute Gasteiger partial charge is 0.257 e. The number of nitrogens with one attached hydrogen (secondary N) is 1. The average molecular weight is 345 g/mol. The predicted octanol–water partition coefficient (Wildman–Crippen LogP) is 5.16. The van der Waals surface area contributed by atoms with Crippen molar-refractivity contribution in [3.8, 4) is 5.75 Å². The highest BCUT2D eigenvalue weighted by Crippen LogP contribution is 2.38. The molecule has 0 saturated heterocycles. The minimum absolute atomic E-state index is 0.138. The van der Waals surface area contributed by atoms with E-state index in [-0.39, 0.29) is 23.5 Å². The van der Waals surface area contributed by atoms with E-state index in [4.69, 9.17) is 0 Å². The zero-order chi connectivity index (χ0) is 17.9. The summed E-state index contributed by atoms with van der Waals surface area (Å²) in [5.74, 6) is 0.260. The van der Waals surface area contributed by atoms with Crippen LogP contribution in [0.25, 0.3) is 0 Å². The highest BCUT2D eigenvalue weighted by molar-refractivity contribution is 7.13. The van der Waals surface area contributed by atoms with Gasteiger partial charge in [0, 0.05) is 21.0 Å². The van der Waals surface area contributed by atoms with E-state index in [0.717, 1.165) is 22.5 Å². The predicted molar refractivity (Wildman–Crippen MR) is 98.6 cm³/mol. The number of anilines is 1. The van der Waals surface area contributed by atoms with Crippen molar-refractivity contribution in [1.29, 1.82) is 0 Å². The normalized spacial score (nSPS) is 12.2. The maximum atomic E-state index is 12.8. The number of rotatable bonds is 6. The molecule has 1 aromatic heterocycles. The van der Waals surface area contributed by atoms with Gasteiger partial charge in [-0.15, -0.1) is 11.3 Å². The fourth-order valence-corrected chi connectivity index (χ4v) is 3.94. The highest BCUT2D eigenvalue weighted by atomic mass is 32.1. The lowest BCUT2D eigenvalue weighted by Crippen LogP contribution is -2.15. The molecular formula is C19H23NO3S. The topological polar surface area (TPSA) is 66.4 Å². The molecule has 128 valence electrons. The van der Waals surface area contributed by atoms with E-state index in [2.05, 4.69) is 19.2 Å². The number of aldehydes is 1. The first-order valence-corrected chi connectivity index (χ1v) is 8.92. The molecule has 0 fully saturated rings. The first-order chi connectivity index (χ1) is 11.4. The highest BCUT2D eigenvalue weighted by Gasteiger charge is 2.26. The van der Waals surface area contributed by atoms with Gasteiger partial charge in [0.1, 0.15) is 5.75 Å². The van der Waals surface area contributed by atoms with Crippen molar-refractivity contribution in [3.63, 3.8) is 0 Å². The van der Waals surface area contributed by atoms with Gasteiger partial charge in [-0.1, -0.05) is 27.7 Å². The van der Waals surface area contributed by atoms with Crippen LogP contribution < -0.4 is 5.32 Å². The molecule has 2 N–H and O–H groups in total. The minimum atomic E-state index is -0.277. The molecule has 0 bridgehead atoms. The second-order valence-electron chi connectivity index (χ2n) is 6.20. The van der Waals surface area contributed by atoms with Gasteiger partial charge < -0.3 is 10.4 Å². The van der Waals surface area contributed by atoms with E-state index in [1.165, 1.54) is 12.1 Å². The fourth-order valence-electron chi connectivity index (χ4n) is 2.53. The number of hydrogen-bond acceptors (Lipinski definition) is 4. The summed E-state index contributed by atoms with van der Waals surface area (Å²) in [4.78, 5) is 26.4. The van der Waals surface area contributed by atoms with E-state index in [1.54, 1.807) is 23.5 Å². The third-order valence-corrected chi connectivity index (χ3v) is 5.79. The van der Waals surface area contributed by atoms with Gasteiger partial charge in [0.2, 0.25) is 0 Å². The monoisotopic (exact) mass is 345 g/mol. The molecular weight excluding hydrogens is 322 g/mol. The molecule has 0 aliphatic carbocycles. The summed E-state index contributed by atoms with van der Waals surface area (Å²) >= 11 is 1.56. The summed E-state index contributed by atoms with van der Waals surface area (Å²) in [5, 5.41) is 12.2. The number of thiophene rings is 1. The lowest BCUT2D eigenvalue weighted by molar-refractivity contribution is 0.101. The number of amides is 1. The van der Waals surface area contributed by atoms with Crippen molar-refractivity contribution in [2.24, 2.45) is 0 Å². The lowest BCUT2D eigenvalue weighted by atomic mass is 9.97. The molecule has 24 heavy (non-hydrogen) atoms. The van der Waals surface area contributed by atoms with Gasteiger partial charge in [0.05, 0.1) is 5.56 Å². The van der Waals surface area contributed by atoms with Crippen LogP contribution in [0, 0.1) is 0 Å². The molecule has 1 heterocycles. The molecule has 1 unspecified atom stereocenters. The van der Waals surface area contributed by atoms with Crippen LogP contribution in [0.15, 0.2) is 24.3 Å². The van der Waals surface area contributed by atoms with E-state index in [0.29, 0.717) is 16.8 Å². The molecule has 0 saturated carbocycles. The number of phenolic OH excluding ortho intramolecular Hbond substituents is 1. The van der Waals surface area contributed by atoms with Gasteiger partial charge in [0.25, 0.3) is 5.91 Å². The third kappa shape index (κ3) is 3.67. The quantitative estimate of drug-likeness (QED) is 0.561. The maximum absolute atomic E-state index is 12.8. The Balaban J connectivity index is 2.47. The molecule has 1 atom stereocenters. The van der Waals surface area contributed by atoms with E-state index >= 15 is 0 Å². The van der Waals surface area contributed by atoms with Crippen LogP contribution in [0.4, 0.5) is 5.69 Å². The van der Waals surface area contributed by atoms with Crippen molar-refractivity contribution in [2.45, 2.75) is 46.0 Å². The molecule has 0 spiro atoms. The molecule has 1 amide bonds. The Labute approximate surface area is 146 Å². The van der Waals surface area contributed by atoms with Crippen molar-refractivity contribution >= 4 is 29.2 Å². The Morgan fingerprint density at radius 1 is 1.21 bits per heavy atom. The van der Waals surface area contributed by atoms with E-state index in [9.17, 15) is 14.7 Å². The van der Waals surface area contributed by atoms with Crippen molar-refractivity contribution < 1.29 is 14.7 Å². The largest absolute Gasteiger partial charge is 0.508 e. The van der Waals surface area contributed by atoms with Crippen LogP contribution in [0.5, 0.6) is 5.75 Å². The molecule has 1 aromatic carbocycles. The first-order valence-electron chi connectivity index (χ1n) is 8.11. The fraction of sp³-hybridized carbons (Fsp3) is 0.368. The van der Waals surface area contributed by atoms with Crippen LogP contribution in [0.2, 0.25) is 0 Å². The summed E-state index contributed by atoms with van der Waals surface area (Å²) < 4.78 is 0. The van der Waals surface area contributed by atoms with E-state index in [1.807, 2.05) is 13.8 Å². The molecule has 2 rings (SSSR count). The SMILES string of the molecule is CCC(C)c1sc(C(C)C)c(C=O)c1C(=O)Nc1ccc(O)cc1. The zero-order valence-corrected chi connectivity index (χ0v) is 15.2. The van der Waals surface area contributed by atoms with Crippen LogP contribution in [0.1, 0.15) is 76.4 Å². The first kappa shape index (κ1) is 18.2. The number of carbonyl (C=O) groups is 2. The van der Waals surface area contributed by atoms with Gasteiger partial charge in [-0.05, 0) is 42.5 Å². The van der Waals surface area contributed by atoms with E-state index < -0.39 is 0 Å². The maximum Gasteiger partial charge on any atom is 0.257 e. The molecule has 0 aliphatic rings. The summed E-state index contributed by atoms with van der Waals surface area (Å²) in [7, 11) is 0. The van der Waals surface area contributed by atoms with Gasteiger partial charge in [0.15, 0.2) is 6.29 Å². The molecule has 5 heteroatoms. The Morgan fingerprint density at radius 3 is 2.33 bits per heavy atom. The van der Waals surface area contributed by atoms with Crippen molar-refractivity contribution in [2.75, 3.05) is 5.32 Å². The lowest BCUT2D eigenvalue weighted by Gasteiger charge is -2.11. The van der Waals surface area contributed by atoms with Crippen molar-refractivity contribution in [1.82, 2.24) is 0 Å². The van der Waals surface area contributed by atoms with Crippen LogP contribution in [-0.2, 0) is 0 Å². The van der Waals surface area contributed by atoms with Gasteiger partial charge in [-0.25, -0.2) is 0 Å². The number of hydrogen-bond donors (Lipinski definition) is 2. The van der Waals surface area contributed by atoms with Gasteiger partial charge >= 0.3 is 0 Å². The number of phenols is 1. The summed E-state index contributed by atoms with van der Waals surface area (Å²) in [6, 6.07) is 6.29. The Hall–Kier alpha value is -2.14.